The number of piperidine rings is 1. The number of amides is 1. The number of rotatable bonds is 6. The average Bonchev–Trinajstić information content (AvgIpc) is 3.22. The van der Waals surface area contributed by atoms with Crippen molar-refractivity contribution in [1.82, 2.24) is 9.88 Å². The Morgan fingerprint density at radius 3 is 2.28 bits per heavy atom. The number of alkyl halides is 3. The van der Waals surface area contributed by atoms with Gasteiger partial charge in [-0.2, -0.15) is 13.2 Å². The summed E-state index contributed by atoms with van der Waals surface area (Å²) in [6, 6.07) is 1.91. The van der Waals surface area contributed by atoms with Gasteiger partial charge in [0, 0.05) is 31.4 Å². The molecule has 12 heteroatoms. The van der Waals surface area contributed by atoms with E-state index in [0.29, 0.717) is 38.2 Å². The van der Waals surface area contributed by atoms with Gasteiger partial charge in [-0.15, -0.1) is 0 Å². The van der Waals surface area contributed by atoms with E-state index in [9.17, 15) is 31.2 Å². The second-order valence-corrected chi connectivity index (χ2v) is 12.2. The summed E-state index contributed by atoms with van der Waals surface area (Å²) in [6.45, 7) is 0.451. The molecule has 3 fully saturated rings. The molecular formula is C24H32F3N3O5S. The number of esters is 1. The third-order valence-electron chi connectivity index (χ3n) is 7.42. The minimum absolute atomic E-state index is 0.0253. The van der Waals surface area contributed by atoms with Gasteiger partial charge in [0.25, 0.3) is 5.91 Å². The molecule has 1 amide bonds. The van der Waals surface area contributed by atoms with Gasteiger partial charge in [0.2, 0.25) is 0 Å². The van der Waals surface area contributed by atoms with Gasteiger partial charge in [0.05, 0.1) is 23.0 Å². The van der Waals surface area contributed by atoms with E-state index in [0.717, 1.165) is 44.4 Å². The summed E-state index contributed by atoms with van der Waals surface area (Å²) in [4.78, 5) is 33.2. The maximum Gasteiger partial charge on any atom is 0.417 e. The summed E-state index contributed by atoms with van der Waals surface area (Å²) in [7, 11) is -3.17. The monoisotopic (exact) mass is 531 g/mol. The molecule has 1 saturated carbocycles. The predicted octanol–water partition coefficient (Wildman–Crippen LogP) is 3.21. The van der Waals surface area contributed by atoms with Gasteiger partial charge >= 0.3 is 12.1 Å². The van der Waals surface area contributed by atoms with Gasteiger partial charge < -0.3 is 14.5 Å². The van der Waals surface area contributed by atoms with Crippen molar-refractivity contribution in [2.24, 2.45) is 5.92 Å². The first-order chi connectivity index (χ1) is 17.0. The lowest BCUT2D eigenvalue weighted by Gasteiger charge is -2.38. The second-order valence-electron chi connectivity index (χ2n) is 9.92. The zero-order valence-corrected chi connectivity index (χ0v) is 20.9. The lowest BCUT2D eigenvalue weighted by molar-refractivity contribution is -0.158. The van der Waals surface area contributed by atoms with Crippen LogP contribution in [0.25, 0.3) is 0 Å². The molecule has 3 aliphatic rings. The summed E-state index contributed by atoms with van der Waals surface area (Å²) in [5.41, 5.74) is -0.813. The number of sulfone groups is 1. The molecule has 3 heterocycles. The molecule has 200 valence electrons. The molecule has 1 atom stereocenters. The van der Waals surface area contributed by atoms with Crippen LogP contribution in [0.1, 0.15) is 56.9 Å². The van der Waals surface area contributed by atoms with Gasteiger partial charge in [-0.05, 0) is 44.2 Å². The highest BCUT2D eigenvalue weighted by Crippen LogP contribution is 2.31. The van der Waals surface area contributed by atoms with Gasteiger partial charge in [0.1, 0.15) is 5.82 Å². The highest BCUT2D eigenvalue weighted by molar-refractivity contribution is 7.91. The van der Waals surface area contributed by atoms with Crippen LogP contribution >= 0.6 is 0 Å². The van der Waals surface area contributed by atoms with Crippen LogP contribution in [0, 0.1) is 5.92 Å². The number of pyridine rings is 1. The summed E-state index contributed by atoms with van der Waals surface area (Å²) < 4.78 is 67.7. The lowest BCUT2D eigenvalue weighted by Crippen LogP contribution is -2.50. The fraction of sp³-hybridized carbons (Fsp3) is 0.708. The van der Waals surface area contributed by atoms with Crippen molar-refractivity contribution in [3.05, 3.63) is 23.9 Å². The number of carbonyl (C=O) groups excluding carboxylic acids is 2. The van der Waals surface area contributed by atoms with Gasteiger partial charge in [-0.25, -0.2) is 13.4 Å². The maximum atomic E-state index is 13.1. The van der Waals surface area contributed by atoms with Gasteiger partial charge in [-0.1, -0.05) is 19.3 Å². The molecule has 0 bridgehead atoms. The van der Waals surface area contributed by atoms with E-state index in [1.54, 1.807) is 4.90 Å². The van der Waals surface area contributed by atoms with E-state index in [4.69, 9.17) is 4.74 Å². The standard InChI is InChI=1S/C24H32F3N3O5S/c25-24(26,27)18-6-7-21(28-14-18)29-11-8-17(9-12-29)23(32)35-15-22(31)30(19-4-2-1-3-5-19)20-10-13-36(33,34)16-20/h6-7,14,17,19-20H,1-5,8-13,15-16H2. The first-order valence-corrected chi connectivity index (χ1v) is 14.3. The number of aromatic nitrogens is 1. The third kappa shape index (κ3) is 6.49. The Hall–Kier alpha value is -2.37. The smallest absolute Gasteiger partial charge is 0.417 e. The summed E-state index contributed by atoms with van der Waals surface area (Å²) in [5, 5.41) is 0. The van der Waals surface area contributed by atoms with E-state index in [1.165, 1.54) is 6.07 Å². The van der Waals surface area contributed by atoms with E-state index < -0.39 is 40.1 Å². The van der Waals surface area contributed by atoms with Crippen LogP contribution in [0.5, 0.6) is 0 Å². The molecule has 2 saturated heterocycles. The molecule has 1 unspecified atom stereocenters. The normalized spacial score (nSPS) is 23.4. The molecule has 36 heavy (non-hydrogen) atoms. The number of anilines is 1. The number of hydrogen-bond acceptors (Lipinski definition) is 7. The molecule has 8 nitrogen and oxygen atoms in total. The van der Waals surface area contributed by atoms with Crippen molar-refractivity contribution in [2.75, 3.05) is 36.1 Å². The Balaban J connectivity index is 1.29. The molecule has 0 spiro atoms. The molecule has 1 aliphatic carbocycles. The minimum atomic E-state index is -4.45. The van der Waals surface area contributed by atoms with Crippen LogP contribution in [0.3, 0.4) is 0 Å². The molecule has 0 radical (unpaired) electrons. The maximum absolute atomic E-state index is 13.1. The van der Waals surface area contributed by atoms with Crippen molar-refractivity contribution >= 4 is 27.5 Å². The Morgan fingerprint density at radius 1 is 1.03 bits per heavy atom. The van der Waals surface area contributed by atoms with Gasteiger partial charge in [0.15, 0.2) is 16.4 Å². The lowest BCUT2D eigenvalue weighted by atomic mass is 9.93. The van der Waals surface area contributed by atoms with Crippen molar-refractivity contribution in [3.8, 4) is 0 Å². The highest BCUT2D eigenvalue weighted by Gasteiger charge is 2.39. The van der Waals surface area contributed by atoms with Crippen LogP contribution in [0.15, 0.2) is 18.3 Å². The Morgan fingerprint density at radius 2 is 1.72 bits per heavy atom. The fourth-order valence-electron chi connectivity index (χ4n) is 5.47. The Kier molecular flexibility index (Phi) is 8.11. The van der Waals surface area contributed by atoms with E-state index in [-0.39, 0.29) is 29.5 Å². The largest absolute Gasteiger partial charge is 0.455 e. The van der Waals surface area contributed by atoms with E-state index in [2.05, 4.69) is 4.98 Å². The highest BCUT2D eigenvalue weighted by atomic mass is 32.2. The molecule has 0 N–H and O–H groups in total. The number of carbonyl (C=O) groups is 2. The third-order valence-corrected chi connectivity index (χ3v) is 9.17. The second kappa shape index (κ2) is 10.9. The predicted molar refractivity (Wildman–Crippen MR) is 126 cm³/mol. The zero-order valence-electron chi connectivity index (χ0n) is 20.1. The van der Waals surface area contributed by atoms with Crippen LogP contribution in [-0.4, -0.2) is 73.5 Å². The van der Waals surface area contributed by atoms with Crippen molar-refractivity contribution < 1.29 is 35.9 Å². The van der Waals surface area contributed by atoms with E-state index in [1.807, 2.05) is 4.90 Å². The molecule has 1 aromatic rings. The van der Waals surface area contributed by atoms with E-state index >= 15 is 0 Å². The first kappa shape index (κ1) is 26.7. The van der Waals surface area contributed by atoms with Crippen LogP contribution in [0.2, 0.25) is 0 Å². The minimum Gasteiger partial charge on any atom is -0.455 e. The summed E-state index contributed by atoms with van der Waals surface area (Å²) >= 11 is 0. The Bertz CT molecular complexity index is 1030. The zero-order chi connectivity index (χ0) is 25.9. The molecule has 4 rings (SSSR count). The first-order valence-electron chi connectivity index (χ1n) is 12.5. The summed E-state index contributed by atoms with van der Waals surface area (Å²) in [6.07, 6.45) is 2.35. The SMILES string of the molecule is O=C(OCC(=O)N(C1CCCCC1)C1CCS(=O)(=O)C1)C1CCN(c2ccc(C(F)(F)F)cn2)CC1. The van der Waals surface area contributed by atoms with Crippen molar-refractivity contribution in [1.29, 1.82) is 0 Å². The van der Waals surface area contributed by atoms with Gasteiger partial charge in [-0.3, -0.25) is 9.59 Å². The summed E-state index contributed by atoms with van der Waals surface area (Å²) in [5.74, 6) is -0.798. The van der Waals surface area contributed by atoms with Crippen molar-refractivity contribution in [2.45, 2.75) is 69.6 Å². The average molecular weight is 532 g/mol. The molecular weight excluding hydrogens is 499 g/mol. The molecule has 0 aromatic carbocycles. The Labute approximate surface area is 209 Å². The fourth-order valence-corrected chi connectivity index (χ4v) is 7.18. The number of hydrogen-bond donors (Lipinski definition) is 0. The molecule has 2 aliphatic heterocycles. The van der Waals surface area contributed by atoms with Crippen LogP contribution in [0.4, 0.5) is 19.0 Å². The molecule has 1 aromatic heterocycles. The number of nitrogens with zero attached hydrogens (tertiary/aromatic N) is 3. The van der Waals surface area contributed by atoms with Crippen molar-refractivity contribution in [3.63, 3.8) is 0 Å². The number of ether oxygens (including phenoxy) is 1. The van der Waals surface area contributed by atoms with Crippen LogP contribution < -0.4 is 4.90 Å². The number of halogens is 3. The van der Waals surface area contributed by atoms with Crippen LogP contribution in [-0.2, 0) is 30.3 Å². The quantitative estimate of drug-likeness (QED) is 0.520. The topological polar surface area (TPSA) is 96.9 Å².